The van der Waals surface area contributed by atoms with Crippen molar-refractivity contribution >= 4 is 7.37 Å². The SMILES string of the molecule is CCCCP(=O)(O)C(C)(OCC)OCC. The molecule has 0 radical (unpaired) electrons. The largest absolute Gasteiger partial charge is 0.342 e. The zero-order valence-electron chi connectivity index (χ0n) is 10.2. The molecule has 0 amide bonds. The average Bonchev–Trinajstić information content (AvgIpc) is 2.15. The molecule has 0 bridgehead atoms. The van der Waals surface area contributed by atoms with E-state index < -0.39 is 12.9 Å². The van der Waals surface area contributed by atoms with E-state index in [1.165, 1.54) is 0 Å². The summed E-state index contributed by atoms with van der Waals surface area (Å²) in [5.41, 5.74) is -1.34. The lowest BCUT2D eigenvalue weighted by molar-refractivity contribution is -0.166. The van der Waals surface area contributed by atoms with Gasteiger partial charge < -0.3 is 14.4 Å². The second-order valence-electron chi connectivity index (χ2n) is 3.54. The van der Waals surface area contributed by atoms with Gasteiger partial charge in [-0.15, -0.1) is 0 Å². The molecule has 92 valence electrons. The highest BCUT2D eigenvalue weighted by atomic mass is 31.2. The Balaban J connectivity index is 4.64. The van der Waals surface area contributed by atoms with Crippen LogP contribution < -0.4 is 0 Å². The standard InChI is InChI=1S/C10H23O4P/c1-5-8-9-15(11,12)10(4,13-6-2)14-7-3/h5-9H2,1-4H3,(H,11,12). The second-order valence-corrected chi connectivity index (χ2v) is 6.21. The summed E-state index contributed by atoms with van der Waals surface area (Å²) in [6.07, 6.45) is 1.85. The van der Waals surface area contributed by atoms with Crippen LogP contribution in [0.2, 0.25) is 0 Å². The Morgan fingerprint density at radius 3 is 2.00 bits per heavy atom. The molecule has 5 heteroatoms. The summed E-state index contributed by atoms with van der Waals surface area (Å²) in [6, 6.07) is 0. The minimum atomic E-state index is -3.41. The van der Waals surface area contributed by atoms with Gasteiger partial charge in [0.15, 0.2) is 0 Å². The van der Waals surface area contributed by atoms with E-state index in [0.29, 0.717) is 19.6 Å². The zero-order valence-corrected chi connectivity index (χ0v) is 11.0. The topological polar surface area (TPSA) is 55.8 Å². The van der Waals surface area contributed by atoms with E-state index in [-0.39, 0.29) is 6.16 Å². The van der Waals surface area contributed by atoms with E-state index in [4.69, 9.17) is 9.47 Å². The first-order chi connectivity index (χ1) is 6.93. The Morgan fingerprint density at radius 2 is 1.67 bits per heavy atom. The monoisotopic (exact) mass is 238 g/mol. The van der Waals surface area contributed by atoms with Crippen LogP contribution in [0.25, 0.3) is 0 Å². The quantitative estimate of drug-likeness (QED) is 0.522. The summed E-state index contributed by atoms with van der Waals surface area (Å²) in [7, 11) is -3.41. The van der Waals surface area contributed by atoms with Gasteiger partial charge in [0.25, 0.3) is 7.37 Å². The van der Waals surface area contributed by atoms with Crippen LogP contribution in [-0.2, 0) is 14.0 Å². The number of hydrogen-bond acceptors (Lipinski definition) is 3. The Morgan fingerprint density at radius 1 is 1.20 bits per heavy atom. The maximum absolute atomic E-state index is 12.1. The van der Waals surface area contributed by atoms with Gasteiger partial charge in [0, 0.05) is 19.4 Å². The van der Waals surface area contributed by atoms with Crippen molar-refractivity contribution in [2.75, 3.05) is 19.4 Å². The molecule has 0 spiro atoms. The summed E-state index contributed by atoms with van der Waals surface area (Å²) in [5, 5.41) is 0. The number of hydrogen-bond donors (Lipinski definition) is 1. The van der Waals surface area contributed by atoms with E-state index in [9.17, 15) is 9.46 Å². The van der Waals surface area contributed by atoms with Crippen molar-refractivity contribution in [3.05, 3.63) is 0 Å². The van der Waals surface area contributed by atoms with E-state index in [0.717, 1.165) is 6.42 Å². The van der Waals surface area contributed by atoms with Gasteiger partial charge in [-0.25, -0.2) is 0 Å². The molecule has 0 aromatic rings. The van der Waals surface area contributed by atoms with Crippen LogP contribution in [-0.4, -0.2) is 29.8 Å². The van der Waals surface area contributed by atoms with Crippen LogP contribution in [0.4, 0.5) is 0 Å². The van der Waals surface area contributed by atoms with Gasteiger partial charge >= 0.3 is 0 Å². The average molecular weight is 238 g/mol. The minimum Gasteiger partial charge on any atom is -0.342 e. The zero-order chi connectivity index (χ0) is 11.9. The molecule has 0 aliphatic carbocycles. The van der Waals surface area contributed by atoms with Crippen molar-refractivity contribution in [3.63, 3.8) is 0 Å². The molecular weight excluding hydrogens is 215 g/mol. The lowest BCUT2D eigenvalue weighted by Crippen LogP contribution is -2.33. The Kier molecular flexibility index (Phi) is 6.69. The first kappa shape index (κ1) is 15.1. The molecule has 15 heavy (non-hydrogen) atoms. The van der Waals surface area contributed by atoms with E-state index in [1.807, 2.05) is 6.92 Å². The van der Waals surface area contributed by atoms with Crippen molar-refractivity contribution in [1.29, 1.82) is 0 Å². The molecule has 0 heterocycles. The van der Waals surface area contributed by atoms with Crippen molar-refractivity contribution in [3.8, 4) is 0 Å². The van der Waals surface area contributed by atoms with Crippen molar-refractivity contribution in [2.45, 2.75) is 46.1 Å². The predicted octanol–water partition coefficient (Wildman–Crippen LogP) is 2.80. The van der Waals surface area contributed by atoms with Gasteiger partial charge in [0.2, 0.25) is 5.53 Å². The number of unbranched alkanes of at least 4 members (excludes halogenated alkanes) is 1. The molecule has 0 aliphatic rings. The molecule has 0 saturated carbocycles. The smallest absolute Gasteiger partial charge is 0.258 e. The summed E-state index contributed by atoms with van der Waals surface area (Å²) >= 11 is 0. The third-order valence-corrected chi connectivity index (χ3v) is 4.72. The van der Waals surface area contributed by atoms with Gasteiger partial charge in [-0.05, 0) is 27.2 Å². The molecule has 1 N–H and O–H groups in total. The van der Waals surface area contributed by atoms with Gasteiger partial charge in [-0.3, -0.25) is 4.57 Å². The normalized spacial score (nSPS) is 16.3. The fourth-order valence-electron chi connectivity index (χ4n) is 1.35. The maximum Gasteiger partial charge on any atom is 0.258 e. The highest BCUT2D eigenvalue weighted by Gasteiger charge is 2.44. The van der Waals surface area contributed by atoms with Crippen molar-refractivity contribution in [2.24, 2.45) is 0 Å². The number of ether oxygens (including phenoxy) is 2. The minimum absolute atomic E-state index is 0.250. The van der Waals surface area contributed by atoms with Crippen molar-refractivity contribution in [1.82, 2.24) is 0 Å². The van der Waals surface area contributed by atoms with E-state index >= 15 is 0 Å². The lowest BCUT2D eigenvalue weighted by atomic mass is 10.4. The molecular formula is C10H23O4P. The van der Waals surface area contributed by atoms with Crippen LogP contribution in [0.15, 0.2) is 0 Å². The molecule has 0 saturated heterocycles. The number of rotatable bonds is 8. The predicted molar refractivity (Wildman–Crippen MR) is 61.3 cm³/mol. The molecule has 0 aliphatic heterocycles. The van der Waals surface area contributed by atoms with Gasteiger partial charge in [-0.2, -0.15) is 0 Å². The Hall–Kier alpha value is 0.110. The summed E-state index contributed by atoms with van der Waals surface area (Å²) in [6.45, 7) is 7.85. The molecule has 0 rings (SSSR count). The molecule has 1 unspecified atom stereocenters. The Labute approximate surface area is 92.4 Å². The van der Waals surface area contributed by atoms with Gasteiger partial charge in [-0.1, -0.05) is 13.3 Å². The van der Waals surface area contributed by atoms with Crippen LogP contribution >= 0.6 is 7.37 Å². The van der Waals surface area contributed by atoms with E-state index in [1.54, 1.807) is 20.8 Å². The summed E-state index contributed by atoms with van der Waals surface area (Å²) in [5.74, 6) is 0. The lowest BCUT2D eigenvalue weighted by Gasteiger charge is -2.33. The maximum atomic E-state index is 12.1. The van der Waals surface area contributed by atoms with Crippen LogP contribution in [0.3, 0.4) is 0 Å². The van der Waals surface area contributed by atoms with E-state index in [2.05, 4.69) is 0 Å². The molecule has 1 atom stereocenters. The fraction of sp³-hybridized carbons (Fsp3) is 1.00. The molecule has 0 aromatic carbocycles. The second kappa shape index (κ2) is 6.64. The third kappa shape index (κ3) is 4.23. The highest BCUT2D eigenvalue weighted by molar-refractivity contribution is 7.59. The highest BCUT2D eigenvalue weighted by Crippen LogP contribution is 2.56. The van der Waals surface area contributed by atoms with Crippen molar-refractivity contribution < 1.29 is 18.9 Å². The Bertz CT molecular complexity index is 211. The van der Waals surface area contributed by atoms with Gasteiger partial charge in [0.05, 0.1) is 0 Å². The fourth-order valence-corrected chi connectivity index (χ4v) is 3.17. The first-order valence-electron chi connectivity index (χ1n) is 5.53. The first-order valence-corrected chi connectivity index (χ1v) is 7.37. The molecule has 4 nitrogen and oxygen atoms in total. The van der Waals surface area contributed by atoms with Crippen LogP contribution in [0.1, 0.15) is 40.5 Å². The molecule has 0 aromatic heterocycles. The van der Waals surface area contributed by atoms with Crippen LogP contribution in [0.5, 0.6) is 0 Å². The third-order valence-electron chi connectivity index (χ3n) is 2.27. The summed E-state index contributed by atoms with van der Waals surface area (Å²) < 4.78 is 22.7. The summed E-state index contributed by atoms with van der Waals surface area (Å²) in [4.78, 5) is 9.93. The van der Waals surface area contributed by atoms with Crippen LogP contribution in [0, 0.1) is 0 Å². The van der Waals surface area contributed by atoms with Gasteiger partial charge in [0.1, 0.15) is 0 Å². The molecule has 0 fully saturated rings.